The van der Waals surface area contributed by atoms with Gasteiger partial charge in [0.1, 0.15) is 31.9 Å². The van der Waals surface area contributed by atoms with Crippen LogP contribution < -0.4 is 14.5 Å². The Morgan fingerprint density at radius 3 is 1.83 bits per heavy atom. The first-order valence-electron chi connectivity index (χ1n) is 10.4. The number of methoxy groups -OCH3 is 1. The van der Waals surface area contributed by atoms with E-state index in [0.717, 1.165) is 24.4 Å². The van der Waals surface area contributed by atoms with Crippen molar-refractivity contribution < 1.29 is 14.5 Å². The minimum Gasteiger partial charge on any atom is -0.496 e. The fourth-order valence-corrected chi connectivity index (χ4v) is 4.31. The number of rotatable bonds is 7. The smallest absolute Gasteiger partial charge is 0.234 e. The third kappa shape index (κ3) is 4.94. The molecule has 3 nitrogen and oxygen atoms in total. The Kier molecular flexibility index (Phi) is 6.40. The van der Waals surface area contributed by atoms with Crippen molar-refractivity contribution in [2.45, 2.75) is 19.3 Å². The Morgan fingerprint density at radius 1 is 0.759 bits per heavy atom. The molecule has 1 saturated heterocycles. The van der Waals surface area contributed by atoms with E-state index in [0.29, 0.717) is 6.17 Å². The molecule has 0 aromatic heterocycles. The number of para-hydroxylation sites is 1. The molecule has 0 aliphatic carbocycles. The summed E-state index contributed by atoms with van der Waals surface area (Å²) >= 11 is 0. The topological polar surface area (TPSA) is 18.1 Å². The van der Waals surface area contributed by atoms with Gasteiger partial charge in [0.25, 0.3) is 0 Å². The number of nitrogens with one attached hydrogen (secondary N) is 2. The van der Waals surface area contributed by atoms with Gasteiger partial charge in [0.05, 0.1) is 7.11 Å². The highest BCUT2D eigenvalue weighted by atomic mass is 16.5. The largest absolute Gasteiger partial charge is 0.496 e. The lowest BCUT2D eigenvalue weighted by atomic mass is 10.1. The van der Waals surface area contributed by atoms with E-state index in [9.17, 15) is 0 Å². The van der Waals surface area contributed by atoms with Gasteiger partial charge >= 0.3 is 0 Å². The van der Waals surface area contributed by atoms with Crippen LogP contribution in [0.5, 0.6) is 5.75 Å². The van der Waals surface area contributed by atoms with E-state index in [1.807, 2.05) is 12.1 Å². The minimum atomic E-state index is 0.417. The fraction of sp³-hybridized carbons (Fsp3) is 0.231. The third-order valence-electron chi connectivity index (χ3n) is 5.80. The van der Waals surface area contributed by atoms with Crippen molar-refractivity contribution >= 4 is 6.08 Å². The Bertz CT molecular complexity index is 874. The number of hydrogen-bond donors (Lipinski definition) is 2. The van der Waals surface area contributed by atoms with Crippen LogP contribution in [-0.4, -0.2) is 26.4 Å². The summed E-state index contributed by atoms with van der Waals surface area (Å²) in [7, 11) is 1.74. The van der Waals surface area contributed by atoms with Gasteiger partial charge in [-0.25, -0.2) is 0 Å². The van der Waals surface area contributed by atoms with Crippen LogP contribution in [-0.2, 0) is 13.1 Å². The second kappa shape index (κ2) is 9.55. The Hall–Kier alpha value is -2.88. The molecule has 0 spiro atoms. The van der Waals surface area contributed by atoms with E-state index < -0.39 is 0 Å². The van der Waals surface area contributed by atoms with Crippen LogP contribution in [0, 0.1) is 0 Å². The van der Waals surface area contributed by atoms with Crippen LogP contribution in [0.2, 0.25) is 0 Å². The molecule has 3 aromatic carbocycles. The van der Waals surface area contributed by atoms with Gasteiger partial charge in [0.15, 0.2) is 0 Å². The first kappa shape index (κ1) is 19.4. The first-order valence-corrected chi connectivity index (χ1v) is 10.4. The highest BCUT2D eigenvalue weighted by Crippen LogP contribution is 2.18. The molecule has 0 bridgehead atoms. The summed E-state index contributed by atoms with van der Waals surface area (Å²) in [5, 5.41) is 0. The Morgan fingerprint density at radius 2 is 1.28 bits per heavy atom. The molecule has 0 saturated carbocycles. The van der Waals surface area contributed by atoms with Gasteiger partial charge in [-0.05, 0) is 12.1 Å². The monoisotopic (exact) mass is 386 g/mol. The van der Waals surface area contributed by atoms with E-state index in [1.165, 1.54) is 24.2 Å². The van der Waals surface area contributed by atoms with E-state index in [-0.39, 0.29) is 0 Å². The molecule has 29 heavy (non-hydrogen) atoms. The molecule has 0 amide bonds. The zero-order valence-corrected chi connectivity index (χ0v) is 17.1. The highest BCUT2D eigenvalue weighted by Gasteiger charge is 2.37. The van der Waals surface area contributed by atoms with E-state index in [4.69, 9.17) is 4.74 Å². The number of quaternary nitrogens is 2. The van der Waals surface area contributed by atoms with Crippen molar-refractivity contribution in [1.82, 2.24) is 0 Å². The van der Waals surface area contributed by atoms with E-state index in [1.54, 1.807) is 16.9 Å². The van der Waals surface area contributed by atoms with Gasteiger partial charge in [-0.2, -0.15) is 0 Å². The lowest BCUT2D eigenvalue weighted by Crippen LogP contribution is -3.27. The molecular weight excluding hydrogens is 356 g/mol. The molecule has 2 unspecified atom stereocenters. The molecule has 1 aliphatic rings. The van der Waals surface area contributed by atoms with Crippen molar-refractivity contribution in [2.75, 3.05) is 20.2 Å². The standard InChI is InChI=1S/C26H28N2O/c1-29-25-15-9-8-14-24(25)16-17-26-27(20-22-10-4-2-5-11-22)18-19-28(26)21-23-12-6-3-7-13-23/h2-17,26H,18-21H2,1H3/p+2. The van der Waals surface area contributed by atoms with Gasteiger partial charge in [0, 0.05) is 22.8 Å². The van der Waals surface area contributed by atoms with Crippen molar-refractivity contribution in [2.24, 2.45) is 0 Å². The molecular formula is C26H30N2O+2. The summed E-state index contributed by atoms with van der Waals surface area (Å²) in [4.78, 5) is 3.24. The Labute approximate surface area is 173 Å². The summed E-state index contributed by atoms with van der Waals surface area (Å²) < 4.78 is 5.54. The minimum absolute atomic E-state index is 0.417. The van der Waals surface area contributed by atoms with Crippen LogP contribution in [0.3, 0.4) is 0 Å². The maximum Gasteiger partial charge on any atom is 0.234 e. The molecule has 2 atom stereocenters. The summed E-state index contributed by atoms with van der Waals surface area (Å²) in [6.07, 6.45) is 5.05. The van der Waals surface area contributed by atoms with Crippen molar-refractivity contribution in [3.63, 3.8) is 0 Å². The zero-order valence-electron chi connectivity index (χ0n) is 17.1. The van der Waals surface area contributed by atoms with Crippen molar-refractivity contribution in [1.29, 1.82) is 0 Å². The van der Waals surface area contributed by atoms with Crippen molar-refractivity contribution in [3.8, 4) is 5.75 Å². The second-order valence-corrected chi connectivity index (χ2v) is 7.72. The normalized spacial score (nSPS) is 21.5. The molecule has 3 heteroatoms. The first-order chi connectivity index (χ1) is 14.3. The van der Waals surface area contributed by atoms with Crippen LogP contribution in [0.4, 0.5) is 0 Å². The number of benzene rings is 3. The molecule has 1 fully saturated rings. The fourth-order valence-electron chi connectivity index (χ4n) is 4.31. The number of hydrogen-bond acceptors (Lipinski definition) is 1. The number of ether oxygens (including phenoxy) is 1. The second-order valence-electron chi connectivity index (χ2n) is 7.72. The molecule has 3 aromatic rings. The molecule has 148 valence electrons. The maximum atomic E-state index is 5.54. The molecule has 1 aliphatic heterocycles. The van der Waals surface area contributed by atoms with Gasteiger partial charge in [0.2, 0.25) is 6.17 Å². The van der Waals surface area contributed by atoms with Crippen LogP contribution in [0.1, 0.15) is 16.7 Å². The van der Waals surface area contributed by atoms with E-state index >= 15 is 0 Å². The van der Waals surface area contributed by atoms with Crippen LogP contribution in [0.25, 0.3) is 6.08 Å². The average molecular weight is 387 g/mol. The molecule has 0 radical (unpaired) electrons. The third-order valence-corrected chi connectivity index (χ3v) is 5.80. The lowest BCUT2D eigenvalue weighted by molar-refractivity contribution is -1.07. The van der Waals surface area contributed by atoms with Crippen molar-refractivity contribution in [3.05, 3.63) is 108 Å². The summed E-state index contributed by atoms with van der Waals surface area (Å²) in [6, 6.07) is 29.9. The highest BCUT2D eigenvalue weighted by molar-refractivity contribution is 5.57. The molecule has 1 heterocycles. The molecule has 2 N–H and O–H groups in total. The Balaban J connectivity index is 1.57. The predicted octanol–water partition coefficient (Wildman–Crippen LogP) is 2.22. The SMILES string of the molecule is COc1ccccc1C=CC1[NH+](Cc2ccccc2)CC[NH+]1Cc1ccccc1. The zero-order chi connectivity index (χ0) is 19.9. The average Bonchev–Trinajstić information content (AvgIpc) is 3.14. The van der Waals surface area contributed by atoms with Crippen LogP contribution in [0.15, 0.2) is 91.0 Å². The predicted molar refractivity (Wildman–Crippen MR) is 118 cm³/mol. The summed E-state index contributed by atoms with van der Waals surface area (Å²) in [5.74, 6) is 0.927. The van der Waals surface area contributed by atoms with Crippen LogP contribution >= 0.6 is 0 Å². The van der Waals surface area contributed by atoms with Gasteiger partial charge in [-0.3, -0.25) is 9.80 Å². The quantitative estimate of drug-likeness (QED) is 0.637. The van der Waals surface area contributed by atoms with Gasteiger partial charge in [-0.1, -0.05) is 78.9 Å². The summed E-state index contributed by atoms with van der Waals surface area (Å²) in [6.45, 7) is 4.47. The molecule has 4 rings (SSSR count). The summed E-state index contributed by atoms with van der Waals surface area (Å²) in [5.41, 5.74) is 3.94. The maximum absolute atomic E-state index is 5.54. The van der Waals surface area contributed by atoms with Gasteiger partial charge < -0.3 is 4.74 Å². The van der Waals surface area contributed by atoms with E-state index in [2.05, 4.69) is 84.9 Å². The lowest BCUT2D eigenvalue weighted by Gasteiger charge is -2.22. The van der Waals surface area contributed by atoms with Gasteiger partial charge in [-0.15, -0.1) is 0 Å².